The van der Waals surface area contributed by atoms with E-state index in [1.165, 1.54) is 0 Å². The van der Waals surface area contributed by atoms with E-state index in [4.69, 9.17) is 9.47 Å². The van der Waals surface area contributed by atoms with E-state index in [2.05, 4.69) is 10.6 Å². The van der Waals surface area contributed by atoms with E-state index < -0.39 is 6.04 Å². The van der Waals surface area contributed by atoms with Crippen molar-refractivity contribution in [2.24, 2.45) is 0 Å². The summed E-state index contributed by atoms with van der Waals surface area (Å²) in [6.45, 7) is 2.73. The zero-order valence-corrected chi connectivity index (χ0v) is 14.2. The molecule has 1 aromatic carbocycles. The fraction of sp³-hybridized carbons (Fsp3) is 0.529. The molecule has 1 aliphatic rings. The molecular weight excluding hydrogens is 310 g/mol. The maximum absolute atomic E-state index is 12.2. The van der Waals surface area contributed by atoms with Gasteiger partial charge in [0.05, 0.1) is 26.2 Å². The van der Waals surface area contributed by atoms with Gasteiger partial charge in [0, 0.05) is 38.9 Å². The van der Waals surface area contributed by atoms with Gasteiger partial charge in [0.15, 0.2) is 0 Å². The summed E-state index contributed by atoms with van der Waals surface area (Å²) in [5, 5.41) is 5.60. The van der Waals surface area contributed by atoms with Crippen molar-refractivity contribution in [1.29, 1.82) is 0 Å². The number of benzene rings is 1. The average molecular weight is 335 g/mol. The van der Waals surface area contributed by atoms with Crippen molar-refractivity contribution >= 4 is 11.8 Å². The monoisotopic (exact) mass is 335 g/mol. The number of ether oxygens (including phenoxy) is 2. The van der Waals surface area contributed by atoms with Crippen LogP contribution >= 0.6 is 0 Å². The van der Waals surface area contributed by atoms with E-state index in [1.54, 1.807) is 14.2 Å². The number of para-hydroxylation sites is 1. The summed E-state index contributed by atoms with van der Waals surface area (Å²) in [6.07, 6.45) is 0.130. The van der Waals surface area contributed by atoms with Gasteiger partial charge >= 0.3 is 0 Å². The summed E-state index contributed by atoms with van der Waals surface area (Å²) in [4.78, 5) is 26.3. The van der Waals surface area contributed by atoms with Crippen molar-refractivity contribution in [3.05, 3.63) is 29.8 Å². The number of nitrogens with zero attached hydrogens (tertiary/aromatic N) is 1. The highest BCUT2D eigenvalue weighted by molar-refractivity contribution is 5.88. The number of rotatable bonds is 8. The molecule has 2 rings (SSSR count). The first-order valence-electron chi connectivity index (χ1n) is 8.05. The lowest BCUT2D eigenvalue weighted by Gasteiger charge is -2.35. The summed E-state index contributed by atoms with van der Waals surface area (Å²) in [5.41, 5.74) is 1.000. The lowest BCUT2D eigenvalue weighted by atomic mass is 10.1. The molecule has 1 saturated heterocycles. The molecule has 0 saturated carbocycles. The molecule has 0 aliphatic carbocycles. The Hall–Kier alpha value is -2.12. The molecule has 132 valence electrons. The van der Waals surface area contributed by atoms with E-state index in [1.807, 2.05) is 29.2 Å². The Morgan fingerprint density at radius 2 is 2.17 bits per heavy atom. The van der Waals surface area contributed by atoms with Crippen LogP contribution in [0.5, 0.6) is 5.75 Å². The third-order valence-corrected chi connectivity index (χ3v) is 4.01. The van der Waals surface area contributed by atoms with Gasteiger partial charge < -0.3 is 20.1 Å². The smallest absolute Gasteiger partial charge is 0.237 e. The van der Waals surface area contributed by atoms with Crippen LogP contribution in [0.1, 0.15) is 12.0 Å². The first-order valence-corrected chi connectivity index (χ1v) is 8.05. The Balaban J connectivity index is 2.03. The van der Waals surface area contributed by atoms with Crippen LogP contribution in [0.15, 0.2) is 24.3 Å². The van der Waals surface area contributed by atoms with Gasteiger partial charge in [-0.05, 0) is 6.07 Å². The van der Waals surface area contributed by atoms with Crippen molar-refractivity contribution in [3.8, 4) is 5.75 Å². The lowest BCUT2D eigenvalue weighted by Crippen LogP contribution is -2.56. The molecule has 1 atom stereocenters. The Bertz CT molecular complexity index is 565. The summed E-state index contributed by atoms with van der Waals surface area (Å²) >= 11 is 0. The normalized spacial score (nSPS) is 18.1. The SMILES string of the molecule is COCCNC(=O)CC1C(=O)NCCN1Cc1ccccc1OC. The van der Waals surface area contributed by atoms with Crippen LogP contribution < -0.4 is 15.4 Å². The second-order valence-corrected chi connectivity index (χ2v) is 5.64. The maximum Gasteiger partial charge on any atom is 0.237 e. The molecule has 1 unspecified atom stereocenters. The number of hydrogen-bond acceptors (Lipinski definition) is 5. The summed E-state index contributed by atoms with van der Waals surface area (Å²) in [6, 6.07) is 7.24. The van der Waals surface area contributed by atoms with Crippen molar-refractivity contribution in [3.63, 3.8) is 0 Å². The molecule has 24 heavy (non-hydrogen) atoms. The molecule has 0 spiro atoms. The minimum absolute atomic E-state index is 0.113. The van der Waals surface area contributed by atoms with Crippen LogP contribution in [0.25, 0.3) is 0 Å². The van der Waals surface area contributed by atoms with Gasteiger partial charge in [0.2, 0.25) is 11.8 Å². The van der Waals surface area contributed by atoms with Gasteiger partial charge in [-0.3, -0.25) is 14.5 Å². The highest BCUT2D eigenvalue weighted by Gasteiger charge is 2.31. The zero-order chi connectivity index (χ0) is 17.4. The van der Waals surface area contributed by atoms with Gasteiger partial charge in [-0.2, -0.15) is 0 Å². The van der Waals surface area contributed by atoms with Crippen LogP contribution in [0.2, 0.25) is 0 Å². The number of carbonyl (C=O) groups is 2. The molecule has 2 amide bonds. The van der Waals surface area contributed by atoms with Crippen molar-refractivity contribution in [1.82, 2.24) is 15.5 Å². The molecule has 0 aromatic heterocycles. The Morgan fingerprint density at radius 1 is 1.38 bits per heavy atom. The number of methoxy groups -OCH3 is 2. The van der Waals surface area contributed by atoms with Crippen molar-refractivity contribution in [2.45, 2.75) is 19.0 Å². The van der Waals surface area contributed by atoms with Gasteiger partial charge in [-0.1, -0.05) is 18.2 Å². The number of amides is 2. The molecule has 0 radical (unpaired) electrons. The van der Waals surface area contributed by atoms with Crippen molar-refractivity contribution in [2.75, 3.05) is 40.5 Å². The number of hydrogen-bond donors (Lipinski definition) is 2. The van der Waals surface area contributed by atoms with E-state index in [0.29, 0.717) is 32.8 Å². The van der Waals surface area contributed by atoms with E-state index in [0.717, 1.165) is 11.3 Å². The number of nitrogens with one attached hydrogen (secondary N) is 2. The molecule has 2 N–H and O–H groups in total. The molecule has 0 bridgehead atoms. The van der Waals surface area contributed by atoms with Crippen LogP contribution in [0.4, 0.5) is 0 Å². The summed E-state index contributed by atoms with van der Waals surface area (Å²) in [7, 11) is 3.21. The number of piperazine rings is 1. The molecule has 1 fully saturated rings. The van der Waals surface area contributed by atoms with E-state index in [9.17, 15) is 9.59 Å². The van der Waals surface area contributed by atoms with Crippen LogP contribution in [-0.2, 0) is 20.9 Å². The van der Waals surface area contributed by atoms with Gasteiger partial charge in [0.25, 0.3) is 0 Å². The molecule has 1 aliphatic heterocycles. The Kier molecular flexibility index (Phi) is 7.02. The van der Waals surface area contributed by atoms with Crippen LogP contribution in [0, 0.1) is 0 Å². The fourth-order valence-electron chi connectivity index (χ4n) is 2.77. The lowest BCUT2D eigenvalue weighted by molar-refractivity contribution is -0.134. The molecular formula is C17H25N3O4. The van der Waals surface area contributed by atoms with Gasteiger partial charge in [0.1, 0.15) is 5.75 Å². The predicted molar refractivity (Wildman–Crippen MR) is 89.7 cm³/mol. The first kappa shape index (κ1) is 18.2. The minimum atomic E-state index is -0.480. The van der Waals surface area contributed by atoms with Crippen molar-refractivity contribution < 1.29 is 19.1 Å². The first-order chi connectivity index (χ1) is 11.7. The van der Waals surface area contributed by atoms with E-state index in [-0.39, 0.29) is 18.2 Å². The average Bonchev–Trinajstić information content (AvgIpc) is 2.58. The fourth-order valence-corrected chi connectivity index (χ4v) is 2.77. The van der Waals surface area contributed by atoms with Crippen LogP contribution in [-0.4, -0.2) is 63.2 Å². The Morgan fingerprint density at radius 3 is 2.92 bits per heavy atom. The second-order valence-electron chi connectivity index (χ2n) is 5.64. The number of carbonyl (C=O) groups excluding carboxylic acids is 2. The zero-order valence-electron chi connectivity index (χ0n) is 14.2. The quantitative estimate of drug-likeness (QED) is 0.661. The highest BCUT2D eigenvalue weighted by Crippen LogP contribution is 2.21. The Labute approximate surface area is 142 Å². The highest BCUT2D eigenvalue weighted by atomic mass is 16.5. The van der Waals surface area contributed by atoms with Gasteiger partial charge in [-0.15, -0.1) is 0 Å². The predicted octanol–water partition coefficient (Wildman–Crippen LogP) is 0.148. The largest absolute Gasteiger partial charge is 0.496 e. The second kappa shape index (κ2) is 9.24. The molecule has 1 aromatic rings. The van der Waals surface area contributed by atoms with Gasteiger partial charge in [-0.25, -0.2) is 0 Å². The summed E-state index contributed by atoms with van der Waals surface area (Å²) < 4.78 is 10.3. The molecule has 7 nitrogen and oxygen atoms in total. The third kappa shape index (κ3) is 4.94. The standard InChI is InChI=1S/C17H25N3O4/c1-23-10-8-18-16(21)11-14-17(22)19-7-9-20(14)12-13-5-3-4-6-15(13)24-2/h3-6,14H,7-12H2,1-2H3,(H,18,21)(H,19,22). The summed E-state index contributed by atoms with van der Waals surface area (Å²) in [5.74, 6) is 0.518. The third-order valence-electron chi connectivity index (χ3n) is 4.01. The molecule has 7 heteroatoms. The van der Waals surface area contributed by atoms with Crippen LogP contribution in [0.3, 0.4) is 0 Å². The molecule has 1 heterocycles. The maximum atomic E-state index is 12.2. The minimum Gasteiger partial charge on any atom is -0.496 e. The topological polar surface area (TPSA) is 79.9 Å². The van der Waals surface area contributed by atoms with E-state index >= 15 is 0 Å².